The van der Waals surface area contributed by atoms with Crippen molar-refractivity contribution in [1.29, 1.82) is 0 Å². The molecule has 3 nitrogen and oxygen atoms in total. The van der Waals surface area contributed by atoms with Gasteiger partial charge in [-0.3, -0.25) is 4.90 Å². The molecular weight excluding hydrogens is 402 g/mol. The molecule has 3 rings (SSSR count). The molecule has 0 unspecified atom stereocenters. The first-order valence-corrected chi connectivity index (χ1v) is 8.69. The predicted molar refractivity (Wildman–Crippen MR) is 109 cm³/mol. The zero-order valence-corrected chi connectivity index (χ0v) is 17.4. The van der Waals surface area contributed by atoms with E-state index in [1.54, 1.807) is 14.2 Å². The number of rotatable bonds is 5. The van der Waals surface area contributed by atoms with Crippen LogP contribution in [0.25, 0.3) is 0 Å². The van der Waals surface area contributed by atoms with Gasteiger partial charge in [-0.05, 0) is 67.3 Å². The van der Waals surface area contributed by atoms with Crippen LogP contribution in [0.2, 0.25) is 5.02 Å². The molecule has 5 heteroatoms. The Morgan fingerprint density at radius 1 is 1.08 bits per heavy atom. The van der Waals surface area contributed by atoms with E-state index in [1.807, 2.05) is 12.1 Å². The summed E-state index contributed by atoms with van der Waals surface area (Å²) >= 11 is 5.98. The van der Waals surface area contributed by atoms with Crippen LogP contribution in [0.1, 0.15) is 29.2 Å². The summed E-state index contributed by atoms with van der Waals surface area (Å²) in [4.78, 5) is 2.43. The van der Waals surface area contributed by atoms with Crippen LogP contribution >= 0.6 is 28.6 Å². The van der Waals surface area contributed by atoms with Gasteiger partial charge in [-0.25, -0.2) is 0 Å². The normalized spacial score (nSPS) is 16.7. The number of ether oxygens (including phenoxy) is 2. The Labute approximate surface area is 165 Å². The lowest BCUT2D eigenvalue weighted by molar-refractivity contribution is 0.218. The van der Waals surface area contributed by atoms with E-state index in [2.05, 4.69) is 36.2 Å². The molecule has 0 bridgehead atoms. The molecule has 1 atom stereocenters. The summed E-state index contributed by atoms with van der Waals surface area (Å²) in [5.74, 6) is 1.63. The van der Waals surface area contributed by atoms with E-state index in [9.17, 15) is 0 Å². The standard InChI is InChI=1S/C20H24ClNO2.BrH/c1-22-11-10-15-12-19(23-2)20(24-3)13-17(15)18(22)9-6-14-4-7-16(21)8-5-14;/h4-5,7-8,12-13,18H,6,9-11H2,1-3H3;1H/t18-;/m1./s1. The Balaban J connectivity index is 0.00000225. The lowest BCUT2D eigenvalue weighted by Gasteiger charge is -2.35. The third kappa shape index (κ3) is 4.49. The first kappa shape index (κ1) is 20.1. The fourth-order valence-electron chi connectivity index (χ4n) is 3.48. The number of methoxy groups -OCH3 is 2. The highest BCUT2D eigenvalue weighted by molar-refractivity contribution is 8.93. The molecule has 1 heterocycles. The van der Waals surface area contributed by atoms with Crippen molar-refractivity contribution in [2.45, 2.75) is 25.3 Å². The van der Waals surface area contributed by atoms with E-state index in [0.717, 1.165) is 42.3 Å². The Hall–Kier alpha value is -1.23. The van der Waals surface area contributed by atoms with Crippen molar-refractivity contribution in [1.82, 2.24) is 4.90 Å². The molecule has 0 fully saturated rings. The van der Waals surface area contributed by atoms with Gasteiger partial charge in [0.15, 0.2) is 11.5 Å². The maximum atomic E-state index is 5.98. The van der Waals surface area contributed by atoms with Crippen molar-refractivity contribution < 1.29 is 9.47 Å². The Morgan fingerprint density at radius 2 is 1.72 bits per heavy atom. The molecule has 25 heavy (non-hydrogen) atoms. The number of aryl methyl sites for hydroxylation is 1. The molecule has 0 aliphatic carbocycles. The average Bonchev–Trinajstić information content (AvgIpc) is 2.61. The molecule has 0 saturated carbocycles. The van der Waals surface area contributed by atoms with Gasteiger partial charge in [-0.2, -0.15) is 0 Å². The van der Waals surface area contributed by atoms with Gasteiger partial charge in [0.1, 0.15) is 0 Å². The Morgan fingerprint density at radius 3 is 2.36 bits per heavy atom. The number of halogens is 2. The molecule has 0 saturated heterocycles. The van der Waals surface area contributed by atoms with Crippen molar-refractivity contribution >= 4 is 28.6 Å². The minimum Gasteiger partial charge on any atom is -0.493 e. The molecule has 0 amide bonds. The molecule has 0 aromatic heterocycles. The third-order valence-corrected chi connectivity index (χ3v) is 5.14. The summed E-state index contributed by atoms with van der Waals surface area (Å²) < 4.78 is 11.0. The van der Waals surface area contributed by atoms with Crippen molar-refractivity contribution in [3.63, 3.8) is 0 Å². The SMILES string of the molecule is Br.COc1cc2c(cc1OC)[C@@H](CCc1ccc(Cl)cc1)N(C)CC2. The third-order valence-electron chi connectivity index (χ3n) is 4.89. The second-order valence-electron chi connectivity index (χ2n) is 6.32. The monoisotopic (exact) mass is 425 g/mol. The van der Waals surface area contributed by atoms with Crippen LogP contribution in [-0.2, 0) is 12.8 Å². The zero-order valence-electron chi connectivity index (χ0n) is 14.9. The molecule has 136 valence electrons. The van der Waals surface area contributed by atoms with Crippen LogP contribution < -0.4 is 9.47 Å². The van der Waals surface area contributed by atoms with Gasteiger partial charge in [-0.1, -0.05) is 23.7 Å². The van der Waals surface area contributed by atoms with Crippen LogP contribution in [0.5, 0.6) is 11.5 Å². The molecule has 0 N–H and O–H groups in total. The predicted octanol–water partition coefficient (Wildman–Crippen LogP) is 5.10. The molecule has 0 radical (unpaired) electrons. The second-order valence-corrected chi connectivity index (χ2v) is 6.75. The Kier molecular flexibility index (Phi) is 7.17. The van der Waals surface area contributed by atoms with Gasteiger partial charge in [0.05, 0.1) is 14.2 Å². The van der Waals surface area contributed by atoms with Crippen molar-refractivity contribution in [3.8, 4) is 11.5 Å². The number of fused-ring (bicyclic) bond motifs is 1. The molecule has 2 aromatic carbocycles. The van der Waals surface area contributed by atoms with Gasteiger partial charge >= 0.3 is 0 Å². The number of nitrogens with zero attached hydrogens (tertiary/aromatic N) is 1. The first-order chi connectivity index (χ1) is 11.6. The maximum Gasteiger partial charge on any atom is 0.161 e. The molecule has 1 aliphatic heterocycles. The lowest BCUT2D eigenvalue weighted by Crippen LogP contribution is -2.32. The summed E-state index contributed by atoms with van der Waals surface area (Å²) in [6, 6.07) is 12.8. The highest BCUT2D eigenvalue weighted by atomic mass is 79.9. The second kappa shape index (κ2) is 8.93. The van der Waals surface area contributed by atoms with Crippen molar-refractivity contribution in [2.24, 2.45) is 0 Å². The lowest BCUT2D eigenvalue weighted by atomic mass is 9.89. The van der Waals surface area contributed by atoms with E-state index in [-0.39, 0.29) is 17.0 Å². The number of hydrogen-bond donors (Lipinski definition) is 0. The van der Waals surface area contributed by atoms with E-state index >= 15 is 0 Å². The summed E-state index contributed by atoms with van der Waals surface area (Å²) in [6.07, 6.45) is 3.14. The Bertz CT molecular complexity index is 706. The minimum absolute atomic E-state index is 0. The fraction of sp³-hybridized carbons (Fsp3) is 0.400. The van der Waals surface area contributed by atoms with Crippen LogP contribution in [0, 0.1) is 0 Å². The number of benzene rings is 2. The van der Waals surface area contributed by atoms with E-state index < -0.39 is 0 Å². The smallest absolute Gasteiger partial charge is 0.161 e. The highest BCUT2D eigenvalue weighted by Crippen LogP contribution is 2.39. The summed E-state index contributed by atoms with van der Waals surface area (Å²) in [7, 11) is 5.59. The van der Waals surface area contributed by atoms with Gasteiger partial charge in [0, 0.05) is 17.6 Å². The minimum atomic E-state index is 0. The van der Waals surface area contributed by atoms with Crippen LogP contribution in [0.15, 0.2) is 36.4 Å². The molecular formula is C20H25BrClNO2. The maximum absolute atomic E-state index is 5.98. The van der Waals surface area contributed by atoms with Gasteiger partial charge in [0.2, 0.25) is 0 Å². The summed E-state index contributed by atoms with van der Waals surface area (Å²) in [5, 5.41) is 0.788. The van der Waals surface area contributed by atoms with E-state index in [1.165, 1.54) is 16.7 Å². The van der Waals surface area contributed by atoms with E-state index in [4.69, 9.17) is 21.1 Å². The highest BCUT2D eigenvalue weighted by Gasteiger charge is 2.26. The largest absolute Gasteiger partial charge is 0.493 e. The van der Waals surface area contributed by atoms with Crippen LogP contribution in [-0.4, -0.2) is 32.7 Å². The average molecular weight is 427 g/mol. The van der Waals surface area contributed by atoms with E-state index in [0.29, 0.717) is 6.04 Å². The summed E-state index contributed by atoms with van der Waals surface area (Å²) in [5.41, 5.74) is 4.04. The number of likely N-dealkylation sites (N-methyl/N-ethyl adjacent to an activating group) is 1. The van der Waals surface area contributed by atoms with Gasteiger partial charge in [0.25, 0.3) is 0 Å². The fourth-order valence-corrected chi connectivity index (χ4v) is 3.61. The molecule has 2 aromatic rings. The first-order valence-electron chi connectivity index (χ1n) is 8.32. The quantitative estimate of drug-likeness (QED) is 0.664. The molecule has 1 aliphatic rings. The zero-order chi connectivity index (χ0) is 17.1. The van der Waals surface area contributed by atoms with Crippen molar-refractivity contribution in [2.75, 3.05) is 27.8 Å². The van der Waals surface area contributed by atoms with Crippen LogP contribution in [0.3, 0.4) is 0 Å². The molecule has 0 spiro atoms. The van der Waals surface area contributed by atoms with Crippen LogP contribution in [0.4, 0.5) is 0 Å². The van der Waals surface area contributed by atoms with Crippen molar-refractivity contribution in [3.05, 3.63) is 58.1 Å². The topological polar surface area (TPSA) is 21.7 Å². The number of hydrogen-bond acceptors (Lipinski definition) is 3. The van der Waals surface area contributed by atoms with Gasteiger partial charge < -0.3 is 9.47 Å². The summed E-state index contributed by atoms with van der Waals surface area (Å²) in [6.45, 7) is 1.06. The van der Waals surface area contributed by atoms with Gasteiger partial charge in [-0.15, -0.1) is 17.0 Å².